The number of carbonyl (C=O) groups excluding carboxylic acids is 1. The average molecular weight is 259 g/mol. The summed E-state index contributed by atoms with van der Waals surface area (Å²) in [5.74, 6) is 0.0254. The van der Waals surface area contributed by atoms with Crippen molar-refractivity contribution in [1.82, 2.24) is 9.78 Å². The molecule has 17 heavy (non-hydrogen) atoms. The first-order chi connectivity index (χ1) is 7.98. The van der Waals surface area contributed by atoms with Crippen molar-refractivity contribution in [3.8, 4) is 5.88 Å². The highest BCUT2D eigenvalue weighted by Gasteiger charge is 2.26. The number of carbonyl (C=O) groups is 1. The molecule has 1 aromatic rings. The van der Waals surface area contributed by atoms with E-state index in [4.69, 9.17) is 4.74 Å². The summed E-state index contributed by atoms with van der Waals surface area (Å²) in [6.07, 6.45) is 5.10. The van der Waals surface area contributed by atoms with E-state index >= 15 is 0 Å². The molecular weight excluding hydrogens is 246 g/mol. The fraction of sp³-hybridized carbons (Fsp3) is 0.556. The molecule has 0 aromatic carbocycles. The summed E-state index contributed by atoms with van der Waals surface area (Å²) in [7, 11) is -3.18. The van der Waals surface area contributed by atoms with Crippen LogP contribution in [0.1, 0.15) is 12.8 Å². The van der Waals surface area contributed by atoms with E-state index in [1.807, 2.05) is 0 Å². The van der Waals surface area contributed by atoms with Crippen LogP contribution in [0.4, 0.5) is 5.69 Å². The fourth-order valence-electron chi connectivity index (χ4n) is 1.30. The number of rotatable bonds is 6. The Morgan fingerprint density at radius 1 is 1.65 bits per heavy atom. The second-order valence-corrected chi connectivity index (χ2v) is 6.13. The molecule has 1 saturated carbocycles. The van der Waals surface area contributed by atoms with Crippen molar-refractivity contribution in [2.45, 2.75) is 24.8 Å². The normalized spacial score (nSPS) is 15.6. The van der Waals surface area contributed by atoms with Gasteiger partial charge in [-0.2, -0.15) is 0 Å². The van der Waals surface area contributed by atoms with Gasteiger partial charge in [-0.25, -0.2) is 8.42 Å². The first-order valence-corrected chi connectivity index (χ1v) is 7.16. The second kappa shape index (κ2) is 4.36. The number of hydrogen-bond donors (Lipinski definition) is 1. The van der Waals surface area contributed by atoms with Crippen LogP contribution in [0.5, 0.6) is 5.88 Å². The molecule has 1 aromatic heterocycles. The van der Waals surface area contributed by atoms with Crippen LogP contribution < -0.4 is 10.1 Å². The van der Waals surface area contributed by atoms with E-state index in [-0.39, 0.29) is 17.9 Å². The molecule has 0 saturated heterocycles. The van der Waals surface area contributed by atoms with E-state index in [1.165, 1.54) is 10.9 Å². The number of sulfone groups is 1. The van der Waals surface area contributed by atoms with Crippen LogP contribution in [0.2, 0.25) is 0 Å². The van der Waals surface area contributed by atoms with E-state index in [9.17, 15) is 13.2 Å². The Hall–Kier alpha value is -1.57. The summed E-state index contributed by atoms with van der Waals surface area (Å²) in [5.41, 5.74) is 0.385. The van der Waals surface area contributed by atoms with Gasteiger partial charge in [-0.15, -0.1) is 5.10 Å². The molecule has 7 nitrogen and oxygen atoms in total. The number of amides is 1. The minimum Gasteiger partial charge on any atom is -0.472 e. The maximum absolute atomic E-state index is 11.1. The maximum Gasteiger partial charge on any atom is 0.257 e. The quantitative estimate of drug-likeness (QED) is 0.726. The Balaban J connectivity index is 2.19. The molecule has 1 heterocycles. The van der Waals surface area contributed by atoms with Crippen LogP contribution in [0.3, 0.4) is 0 Å². The number of nitrogens with zero attached hydrogens (tertiary/aromatic N) is 2. The van der Waals surface area contributed by atoms with Gasteiger partial charge in [0.2, 0.25) is 6.41 Å². The van der Waals surface area contributed by atoms with Gasteiger partial charge in [0.1, 0.15) is 17.7 Å². The summed E-state index contributed by atoms with van der Waals surface area (Å²) in [6.45, 7) is 0. The first kappa shape index (κ1) is 11.9. The van der Waals surface area contributed by atoms with E-state index in [1.54, 1.807) is 0 Å². The van der Waals surface area contributed by atoms with Crippen LogP contribution in [-0.4, -0.2) is 37.0 Å². The summed E-state index contributed by atoms with van der Waals surface area (Å²) < 4.78 is 28.9. The molecule has 0 atom stereocenters. The molecule has 1 aliphatic carbocycles. The summed E-state index contributed by atoms with van der Waals surface area (Å²) in [4.78, 5) is 10.4. The molecule has 2 rings (SSSR count). The highest BCUT2D eigenvalue weighted by Crippen LogP contribution is 2.30. The first-order valence-electron chi connectivity index (χ1n) is 5.10. The molecule has 0 spiro atoms. The third kappa shape index (κ3) is 3.45. The average Bonchev–Trinajstić information content (AvgIpc) is 2.90. The standard InChI is InChI=1S/C9H13N3O4S/c1-17(14,15)6-12-4-8(10-5-13)9(11-12)16-7-2-3-7/h4-5,7H,2-3,6H2,1H3,(H,10,13). The highest BCUT2D eigenvalue weighted by atomic mass is 32.2. The number of aromatic nitrogens is 2. The van der Waals surface area contributed by atoms with Crippen LogP contribution in [0.15, 0.2) is 6.20 Å². The highest BCUT2D eigenvalue weighted by molar-refractivity contribution is 7.89. The molecule has 0 aliphatic heterocycles. The monoisotopic (exact) mass is 259 g/mol. The van der Waals surface area contributed by atoms with Gasteiger partial charge in [-0.1, -0.05) is 0 Å². The Morgan fingerprint density at radius 2 is 2.35 bits per heavy atom. The third-order valence-corrected chi connectivity index (χ3v) is 2.85. The van der Waals surface area contributed by atoms with Crippen LogP contribution >= 0.6 is 0 Å². The Labute approximate surface area is 98.7 Å². The van der Waals surface area contributed by atoms with Crippen molar-refractivity contribution in [2.24, 2.45) is 0 Å². The van der Waals surface area contributed by atoms with Gasteiger partial charge in [0.25, 0.3) is 5.88 Å². The van der Waals surface area contributed by atoms with Crippen molar-refractivity contribution in [3.63, 3.8) is 0 Å². The molecular formula is C9H13N3O4S. The predicted octanol–water partition coefficient (Wildman–Crippen LogP) is -0.00530. The lowest BCUT2D eigenvalue weighted by atomic mass is 10.5. The zero-order valence-corrected chi connectivity index (χ0v) is 10.1. The summed E-state index contributed by atoms with van der Waals surface area (Å²) >= 11 is 0. The Bertz CT molecular complexity index is 518. The Morgan fingerprint density at radius 3 is 2.88 bits per heavy atom. The third-order valence-electron chi connectivity index (χ3n) is 2.11. The smallest absolute Gasteiger partial charge is 0.257 e. The maximum atomic E-state index is 11.1. The molecule has 1 aliphatic rings. The lowest BCUT2D eigenvalue weighted by molar-refractivity contribution is -0.105. The van der Waals surface area contributed by atoms with E-state index in [2.05, 4.69) is 10.4 Å². The SMILES string of the molecule is CS(=O)(=O)Cn1cc(NC=O)c(OC2CC2)n1. The minimum absolute atomic E-state index is 0.129. The molecule has 0 bridgehead atoms. The fourth-order valence-corrected chi connectivity index (χ4v) is 1.92. The molecule has 8 heteroatoms. The van der Waals surface area contributed by atoms with E-state index < -0.39 is 9.84 Å². The predicted molar refractivity (Wildman–Crippen MR) is 60.4 cm³/mol. The molecule has 1 fully saturated rings. The molecule has 1 N–H and O–H groups in total. The van der Waals surface area contributed by atoms with Gasteiger partial charge in [0.05, 0.1) is 6.20 Å². The van der Waals surface area contributed by atoms with Crippen molar-refractivity contribution in [1.29, 1.82) is 0 Å². The van der Waals surface area contributed by atoms with Crippen molar-refractivity contribution < 1.29 is 17.9 Å². The van der Waals surface area contributed by atoms with Gasteiger partial charge in [-0.3, -0.25) is 9.48 Å². The van der Waals surface area contributed by atoms with Crippen LogP contribution in [0.25, 0.3) is 0 Å². The number of anilines is 1. The van der Waals surface area contributed by atoms with Crippen molar-refractivity contribution in [3.05, 3.63) is 6.20 Å². The second-order valence-electron chi connectivity index (χ2n) is 4.02. The van der Waals surface area contributed by atoms with Gasteiger partial charge < -0.3 is 10.1 Å². The van der Waals surface area contributed by atoms with Gasteiger partial charge in [0, 0.05) is 6.26 Å². The van der Waals surface area contributed by atoms with E-state index in [0.717, 1.165) is 19.1 Å². The number of ether oxygens (including phenoxy) is 1. The van der Waals surface area contributed by atoms with Crippen molar-refractivity contribution in [2.75, 3.05) is 11.6 Å². The molecule has 1 amide bonds. The topological polar surface area (TPSA) is 90.3 Å². The summed E-state index contributed by atoms with van der Waals surface area (Å²) in [6, 6.07) is 0. The van der Waals surface area contributed by atoms with Crippen molar-refractivity contribution >= 4 is 21.9 Å². The van der Waals surface area contributed by atoms with Gasteiger partial charge in [-0.05, 0) is 12.8 Å². The zero-order valence-electron chi connectivity index (χ0n) is 9.29. The number of nitrogens with one attached hydrogen (secondary N) is 1. The number of hydrogen-bond acceptors (Lipinski definition) is 5. The molecule has 0 radical (unpaired) electrons. The zero-order chi connectivity index (χ0) is 12.5. The van der Waals surface area contributed by atoms with E-state index in [0.29, 0.717) is 12.1 Å². The summed E-state index contributed by atoms with van der Waals surface area (Å²) in [5, 5.41) is 6.42. The Kier molecular flexibility index (Phi) is 3.05. The largest absolute Gasteiger partial charge is 0.472 e. The van der Waals surface area contributed by atoms with Crippen LogP contribution in [-0.2, 0) is 20.5 Å². The van der Waals surface area contributed by atoms with Gasteiger partial charge >= 0.3 is 0 Å². The molecule has 0 unspecified atom stereocenters. The molecule has 94 valence electrons. The minimum atomic E-state index is -3.18. The lowest BCUT2D eigenvalue weighted by Crippen LogP contribution is -2.09. The van der Waals surface area contributed by atoms with Gasteiger partial charge in [0.15, 0.2) is 9.84 Å². The lowest BCUT2D eigenvalue weighted by Gasteiger charge is -2.01. The van der Waals surface area contributed by atoms with Crippen LogP contribution in [0, 0.1) is 0 Å².